The third kappa shape index (κ3) is 131. The summed E-state index contributed by atoms with van der Waals surface area (Å²) in [6, 6.07) is 0. The Balaban J connectivity index is -0.0000000800. The number of rotatable bonds is 0. The Morgan fingerprint density at radius 2 is 1.14 bits per heavy atom. The Hall–Kier alpha value is 1.23. The summed E-state index contributed by atoms with van der Waals surface area (Å²) in [5, 5.41) is 0. The molecule has 0 rings (SSSR count). The Kier molecular flexibility index (Phi) is 12.1. The van der Waals surface area contributed by atoms with Gasteiger partial charge in [-0.05, 0) is 0 Å². The first kappa shape index (κ1) is 15.7. The van der Waals surface area contributed by atoms with Gasteiger partial charge in [0.2, 0.25) is 0 Å². The summed E-state index contributed by atoms with van der Waals surface area (Å²) in [7, 11) is -5.39. The van der Waals surface area contributed by atoms with Crippen LogP contribution in [0.25, 0.3) is 0 Å². The third-order valence-corrected chi connectivity index (χ3v) is 0. The standard InChI is InChI=1S/Fe.Li.H3O4P.H/c;;1-5(2,3)4;/h;;(H3,1,2,3,4);/q+3;;;/p-3. The molecular formula is HFeLiO4P. The molecule has 0 atom stereocenters. The SMILES string of the molecule is O=P([O-])([O-])[O-].[Fe+3].[LiH]. The number of hydrogen-bond donors (Lipinski definition) is 0. The first-order valence-electron chi connectivity index (χ1n) is 0.730. The summed E-state index contributed by atoms with van der Waals surface area (Å²) in [6.45, 7) is 0. The average molecular weight is 159 g/mol. The van der Waals surface area contributed by atoms with Crippen molar-refractivity contribution in [2.45, 2.75) is 0 Å². The third-order valence-electron chi connectivity index (χ3n) is 0. The maximum absolute atomic E-state index is 8.55. The van der Waals surface area contributed by atoms with Crippen LogP contribution in [-0.2, 0) is 21.6 Å². The average Bonchev–Trinajstić information content (AvgIpc) is 0.722. The fraction of sp³-hybridized carbons (Fsp3) is 0. The van der Waals surface area contributed by atoms with E-state index in [0.29, 0.717) is 0 Å². The van der Waals surface area contributed by atoms with Gasteiger partial charge in [-0.1, -0.05) is 0 Å². The number of phosphoric acid groups is 1. The van der Waals surface area contributed by atoms with E-state index in [-0.39, 0.29) is 35.9 Å². The second-order valence-electron chi connectivity index (χ2n) is 0.447. The molecule has 0 aromatic rings. The van der Waals surface area contributed by atoms with Crippen LogP contribution in [0.4, 0.5) is 0 Å². The molecule has 4 nitrogen and oxygen atoms in total. The second-order valence-corrected chi connectivity index (χ2v) is 1.34. The van der Waals surface area contributed by atoms with Gasteiger partial charge >= 0.3 is 35.9 Å². The van der Waals surface area contributed by atoms with E-state index in [2.05, 4.69) is 0 Å². The van der Waals surface area contributed by atoms with Crippen molar-refractivity contribution in [2.24, 2.45) is 0 Å². The second kappa shape index (κ2) is 5.37. The zero-order chi connectivity index (χ0) is 4.50. The zero-order valence-electron chi connectivity index (χ0n) is 2.43. The molecule has 39 valence electrons. The molecule has 0 saturated heterocycles. The fourth-order valence-corrected chi connectivity index (χ4v) is 0. The molecule has 0 aromatic heterocycles. The summed E-state index contributed by atoms with van der Waals surface area (Å²) in [5.41, 5.74) is 0. The van der Waals surface area contributed by atoms with E-state index in [1.54, 1.807) is 0 Å². The van der Waals surface area contributed by atoms with Gasteiger partial charge in [-0.15, -0.1) is 0 Å². The van der Waals surface area contributed by atoms with E-state index in [1.165, 1.54) is 0 Å². The van der Waals surface area contributed by atoms with E-state index in [4.69, 9.17) is 19.2 Å². The Morgan fingerprint density at radius 3 is 1.14 bits per heavy atom. The molecule has 0 saturated carbocycles. The summed E-state index contributed by atoms with van der Waals surface area (Å²) in [5.74, 6) is 0. The molecule has 7 heteroatoms. The quantitative estimate of drug-likeness (QED) is 0.271. The van der Waals surface area contributed by atoms with Gasteiger partial charge in [-0.25, -0.2) is 0 Å². The molecule has 0 aliphatic rings. The van der Waals surface area contributed by atoms with Gasteiger partial charge < -0.3 is 19.2 Å². The summed E-state index contributed by atoms with van der Waals surface area (Å²) in [6.07, 6.45) is 0. The van der Waals surface area contributed by atoms with Crippen molar-refractivity contribution in [3.8, 4) is 0 Å². The molecule has 0 N–H and O–H groups in total. The van der Waals surface area contributed by atoms with Crippen molar-refractivity contribution >= 4 is 26.7 Å². The molecule has 0 aromatic carbocycles. The molecule has 0 spiro atoms. The molecule has 0 aliphatic carbocycles. The van der Waals surface area contributed by atoms with Gasteiger partial charge in [0.05, 0.1) is 0 Å². The first-order chi connectivity index (χ1) is 2.00. The van der Waals surface area contributed by atoms with Crippen molar-refractivity contribution in [2.75, 3.05) is 0 Å². The van der Waals surface area contributed by atoms with Crippen molar-refractivity contribution in [3.63, 3.8) is 0 Å². The van der Waals surface area contributed by atoms with Gasteiger partial charge in [0, 0.05) is 0 Å². The summed E-state index contributed by atoms with van der Waals surface area (Å²) < 4.78 is 8.55. The first-order valence-corrected chi connectivity index (χ1v) is 2.19. The minimum absolute atomic E-state index is 0. The number of hydrogen-bond acceptors (Lipinski definition) is 4. The van der Waals surface area contributed by atoms with Gasteiger partial charge in [0.25, 0.3) is 0 Å². The van der Waals surface area contributed by atoms with E-state index < -0.39 is 7.82 Å². The van der Waals surface area contributed by atoms with Crippen molar-refractivity contribution in [3.05, 3.63) is 0 Å². The van der Waals surface area contributed by atoms with Crippen LogP contribution in [0, 0.1) is 0 Å². The van der Waals surface area contributed by atoms with E-state index in [0.717, 1.165) is 0 Å². The molecular weight excluding hydrogens is 158 g/mol. The van der Waals surface area contributed by atoms with Crippen LogP contribution < -0.4 is 14.7 Å². The van der Waals surface area contributed by atoms with Crippen LogP contribution >= 0.6 is 7.82 Å². The predicted octanol–water partition coefficient (Wildman–Crippen LogP) is -3.48. The van der Waals surface area contributed by atoms with Gasteiger partial charge in [-0.3, -0.25) is 0 Å². The molecule has 0 unspecified atom stereocenters. The van der Waals surface area contributed by atoms with E-state index in [1.807, 2.05) is 0 Å². The normalized spacial score (nSPS) is 8.43. The topological polar surface area (TPSA) is 86.2 Å². The van der Waals surface area contributed by atoms with Crippen LogP contribution in [0.1, 0.15) is 0 Å². The van der Waals surface area contributed by atoms with Gasteiger partial charge in [-0.2, -0.15) is 7.82 Å². The monoisotopic (exact) mass is 159 g/mol. The maximum atomic E-state index is 8.55. The van der Waals surface area contributed by atoms with Crippen molar-refractivity contribution < 1.29 is 36.3 Å². The molecule has 7 heavy (non-hydrogen) atoms. The van der Waals surface area contributed by atoms with Gasteiger partial charge in [0.1, 0.15) is 0 Å². The van der Waals surface area contributed by atoms with Crippen molar-refractivity contribution in [1.82, 2.24) is 0 Å². The van der Waals surface area contributed by atoms with Crippen LogP contribution in [0.2, 0.25) is 0 Å². The van der Waals surface area contributed by atoms with E-state index >= 15 is 0 Å². The Labute approximate surface area is 63.2 Å². The Morgan fingerprint density at radius 1 is 1.14 bits per heavy atom. The molecule has 0 amide bonds. The zero-order valence-corrected chi connectivity index (χ0v) is 4.43. The van der Waals surface area contributed by atoms with Crippen LogP contribution in [0.5, 0.6) is 0 Å². The molecule has 1 radical (unpaired) electrons. The Bertz CT molecular complexity index is 57.8. The molecule has 0 heterocycles. The van der Waals surface area contributed by atoms with Crippen molar-refractivity contribution in [1.29, 1.82) is 0 Å². The molecule has 0 bridgehead atoms. The van der Waals surface area contributed by atoms with Crippen LogP contribution in [0.3, 0.4) is 0 Å². The fourth-order valence-electron chi connectivity index (χ4n) is 0. The van der Waals surface area contributed by atoms with Crippen LogP contribution in [-0.4, -0.2) is 18.9 Å². The molecule has 0 aliphatic heterocycles. The van der Waals surface area contributed by atoms with Crippen LogP contribution in [0.15, 0.2) is 0 Å². The van der Waals surface area contributed by atoms with E-state index in [9.17, 15) is 0 Å². The van der Waals surface area contributed by atoms with Gasteiger partial charge in [0.15, 0.2) is 0 Å². The summed E-state index contributed by atoms with van der Waals surface area (Å²) in [4.78, 5) is 25.6. The minimum atomic E-state index is -5.39. The molecule has 0 fully saturated rings. The summed E-state index contributed by atoms with van der Waals surface area (Å²) >= 11 is 0. The predicted molar refractivity (Wildman–Crippen MR) is 14.8 cm³/mol.